The van der Waals surface area contributed by atoms with Gasteiger partial charge in [0.25, 0.3) is 0 Å². The summed E-state index contributed by atoms with van der Waals surface area (Å²) in [5, 5.41) is 4.99. The molecule has 3 aromatic rings. The molecule has 0 saturated heterocycles. The molecule has 1 N–H and O–H groups in total. The van der Waals surface area contributed by atoms with Crippen molar-refractivity contribution in [1.82, 2.24) is 19.9 Å². The molecule has 0 unspecified atom stereocenters. The van der Waals surface area contributed by atoms with Crippen LogP contribution in [0.25, 0.3) is 10.2 Å². The number of nitrogens with one attached hydrogen (secondary N) is 1. The molecule has 0 amide bonds. The van der Waals surface area contributed by atoms with E-state index in [1.807, 2.05) is 11.4 Å². The van der Waals surface area contributed by atoms with E-state index in [9.17, 15) is 4.79 Å². The maximum absolute atomic E-state index is 11.7. The number of Topliss-reactive ketones (excluding diaryl/α,β-unsaturated/α-hetero) is 1. The molecule has 0 atom stereocenters. The standard InChI is InChI=1S/C13H11N5OS/c1-8(19)11-12-10(2-3-20-12)17-13(18-11)16-6-9-4-14-7-15-5-9/h2-5,7H,6H2,1H3,(H,16,17,18). The lowest BCUT2D eigenvalue weighted by Crippen LogP contribution is -2.07. The number of aromatic nitrogens is 4. The van der Waals surface area contributed by atoms with Gasteiger partial charge in [0.2, 0.25) is 5.95 Å². The first-order valence-electron chi connectivity index (χ1n) is 5.98. The van der Waals surface area contributed by atoms with Gasteiger partial charge in [-0.05, 0) is 11.4 Å². The number of ketones is 1. The third-order valence-electron chi connectivity index (χ3n) is 2.70. The summed E-state index contributed by atoms with van der Waals surface area (Å²) >= 11 is 1.47. The molecule has 0 spiro atoms. The van der Waals surface area contributed by atoms with Crippen molar-refractivity contribution >= 4 is 33.3 Å². The molecular formula is C13H11N5OS. The predicted molar refractivity (Wildman–Crippen MR) is 76.8 cm³/mol. The minimum Gasteiger partial charge on any atom is -0.350 e. The topological polar surface area (TPSA) is 80.7 Å². The minimum atomic E-state index is -0.0639. The highest BCUT2D eigenvalue weighted by Gasteiger charge is 2.12. The van der Waals surface area contributed by atoms with Crippen LogP contribution in [0.15, 0.2) is 30.2 Å². The van der Waals surface area contributed by atoms with Crippen LogP contribution in [0.4, 0.5) is 5.95 Å². The van der Waals surface area contributed by atoms with Crippen molar-refractivity contribution < 1.29 is 4.79 Å². The van der Waals surface area contributed by atoms with Crippen LogP contribution in [-0.2, 0) is 6.54 Å². The number of thiophene rings is 1. The average molecular weight is 285 g/mol. The van der Waals surface area contributed by atoms with E-state index in [2.05, 4.69) is 25.3 Å². The number of carbonyl (C=O) groups excluding carboxylic acids is 1. The molecule has 3 aromatic heterocycles. The van der Waals surface area contributed by atoms with E-state index in [-0.39, 0.29) is 5.78 Å². The fraction of sp³-hybridized carbons (Fsp3) is 0.154. The number of hydrogen-bond acceptors (Lipinski definition) is 7. The third-order valence-corrected chi connectivity index (χ3v) is 3.61. The average Bonchev–Trinajstić information content (AvgIpc) is 2.93. The van der Waals surface area contributed by atoms with E-state index in [1.165, 1.54) is 24.6 Å². The van der Waals surface area contributed by atoms with Crippen LogP contribution < -0.4 is 5.32 Å². The fourth-order valence-electron chi connectivity index (χ4n) is 1.78. The van der Waals surface area contributed by atoms with E-state index in [0.717, 1.165) is 15.8 Å². The molecule has 0 radical (unpaired) electrons. The smallest absolute Gasteiger partial charge is 0.224 e. The number of hydrogen-bond donors (Lipinski definition) is 1. The SMILES string of the molecule is CC(=O)c1nc(NCc2cncnc2)nc2ccsc12. The lowest BCUT2D eigenvalue weighted by molar-refractivity contribution is 0.101. The summed E-state index contributed by atoms with van der Waals surface area (Å²) in [5.41, 5.74) is 2.16. The zero-order chi connectivity index (χ0) is 13.9. The Kier molecular flexibility index (Phi) is 3.34. The fourth-order valence-corrected chi connectivity index (χ4v) is 2.65. The number of anilines is 1. The highest BCUT2D eigenvalue weighted by Crippen LogP contribution is 2.23. The van der Waals surface area contributed by atoms with Crippen molar-refractivity contribution in [3.8, 4) is 0 Å². The molecule has 0 aliphatic heterocycles. The number of nitrogens with zero attached hydrogens (tertiary/aromatic N) is 4. The maximum Gasteiger partial charge on any atom is 0.224 e. The Morgan fingerprint density at radius 3 is 2.85 bits per heavy atom. The Morgan fingerprint density at radius 2 is 2.10 bits per heavy atom. The molecule has 100 valence electrons. The van der Waals surface area contributed by atoms with Crippen molar-refractivity contribution in [2.24, 2.45) is 0 Å². The monoisotopic (exact) mass is 285 g/mol. The molecule has 6 nitrogen and oxygen atoms in total. The largest absolute Gasteiger partial charge is 0.350 e. The first-order chi connectivity index (χ1) is 9.74. The summed E-state index contributed by atoms with van der Waals surface area (Å²) < 4.78 is 0.825. The van der Waals surface area contributed by atoms with E-state index < -0.39 is 0 Å². The van der Waals surface area contributed by atoms with Crippen LogP contribution in [0.3, 0.4) is 0 Å². The van der Waals surface area contributed by atoms with Gasteiger partial charge in [0.1, 0.15) is 12.0 Å². The Labute approximate surface area is 118 Å². The van der Waals surface area contributed by atoms with Gasteiger partial charge in [-0.15, -0.1) is 11.3 Å². The quantitative estimate of drug-likeness (QED) is 0.741. The number of carbonyl (C=O) groups is 1. The lowest BCUT2D eigenvalue weighted by atomic mass is 10.3. The van der Waals surface area contributed by atoms with Gasteiger partial charge in [0.05, 0.1) is 10.2 Å². The molecule has 20 heavy (non-hydrogen) atoms. The Morgan fingerprint density at radius 1 is 1.30 bits per heavy atom. The minimum absolute atomic E-state index is 0.0639. The van der Waals surface area contributed by atoms with Crippen LogP contribution in [0, 0.1) is 0 Å². The van der Waals surface area contributed by atoms with Crippen LogP contribution in [0.1, 0.15) is 23.0 Å². The molecular weight excluding hydrogens is 274 g/mol. The van der Waals surface area contributed by atoms with Crippen LogP contribution in [-0.4, -0.2) is 25.7 Å². The zero-order valence-electron chi connectivity index (χ0n) is 10.7. The molecule has 0 aromatic carbocycles. The van der Waals surface area contributed by atoms with Gasteiger partial charge in [0.15, 0.2) is 5.78 Å². The molecule has 3 heterocycles. The van der Waals surface area contributed by atoms with E-state index in [1.54, 1.807) is 12.4 Å². The van der Waals surface area contributed by atoms with Crippen molar-refractivity contribution in [1.29, 1.82) is 0 Å². The van der Waals surface area contributed by atoms with Crippen LogP contribution in [0.2, 0.25) is 0 Å². The van der Waals surface area contributed by atoms with Crippen molar-refractivity contribution in [2.75, 3.05) is 5.32 Å². The van der Waals surface area contributed by atoms with Gasteiger partial charge < -0.3 is 5.32 Å². The third kappa shape index (κ3) is 2.48. The first kappa shape index (κ1) is 12.6. The maximum atomic E-state index is 11.7. The van der Waals surface area contributed by atoms with Crippen molar-refractivity contribution in [3.05, 3.63) is 41.4 Å². The summed E-state index contributed by atoms with van der Waals surface area (Å²) in [6.07, 6.45) is 4.91. The second kappa shape index (κ2) is 5.30. The summed E-state index contributed by atoms with van der Waals surface area (Å²) in [4.78, 5) is 28.2. The predicted octanol–water partition coefficient (Wildman–Crippen LogP) is 2.30. The Bertz CT molecular complexity index is 756. The molecule has 0 aliphatic carbocycles. The highest BCUT2D eigenvalue weighted by atomic mass is 32.1. The normalized spacial score (nSPS) is 10.7. The van der Waals surface area contributed by atoms with Gasteiger partial charge in [0, 0.05) is 31.4 Å². The van der Waals surface area contributed by atoms with Gasteiger partial charge >= 0.3 is 0 Å². The second-order valence-electron chi connectivity index (χ2n) is 4.19. The summed E-state index contributed by atoms with van der Waals surface area (Å²) in [6, 6.07) is 1.88. The molecule has 0 fully saturated rings. The zero-order valence-corrected chi connectivity index (χ0v) is 11.5. The number of fused-ring (bicyclic) bond motifs is 1. The molecule has 0 aliphatic rings. The van der Waals surface area contributed by atoms with E-state index in [0.29, 0.717) is 18.2 Å². The lowest BCUT2D eigenvalue weighted by Gasteiger charge is -2.06. The molecule has 7 heteroatoms. The van der Waals surface area contributed by atoms with Crippen molar-refractivity contribution in [2.45, 2.75) is 13.5 Å². The van der Waals surface area contributed by atoms with Gasteiger partial charge in [-0.1, -0.05) is 0 Å². The Hall–Kier alpha value is -2.41. The molecule has 3 rings (SSSR count). The molecule has 0 bridgehead atoms. The van der Waals surface area contributed by atoms with E-state index >= 15 is 0 Å². The Balaban J connectivity index is 1.90. The van der Waals surface area contributed by atoms with Gasteiger partial charge in [-0.3, -0.25) is 4.79 Å². The number of rotatable bonds is 4. The van der Waals surface area contributed by atoms with Gasteiger partial charge in [-0.25, -0.2) is 19.9 Å². The summed E-state index contributed by atoms with van der Waals surface area (Å²) in [5.74, 6) is 0.371. The summed E-state index contributed by atoms with van der Waals surface area (Å²) in [6.45, 7) is 2.02. The van der Waals surface area contributed by atoms with Crippen LogP contribution in [0.5, 0.6) is 0 Å². The summed E-state index contributed by atoms with van der Waals surface area (Å²) in [7, 11) is 0. The van der Waals surface area contributed by atoms with Crippen molar-refractivity contribution in [3.63, 3.8) is 0 Å². The highest BCUT2D eigenvalue weighted by molar-refractivity contribution is 7.17. The first-order valence-corrected chi connectivity index (χ1v) is 6.86. The van der Waals surface area contributed by atoms with Crippen LogP contribution >= 0.6 is 11.3 Å². The van der Waals surface area contributed by atoms with Gasteiger partial charge in [-0.2, -0.15) is 0 Å². The molecule has 0 saturated carbocycles. The second-order valence-corrected chi connectivity index (χ2v) is 5.10. The van der Waals surface area contributed by atoms with E-state index in [4.69, 9.17) is 0 Å².